The van der Waals surface area contributed by atoms with E-state index in [-0.39, 0.29) is 24.3 Å². The minimum absolute atomic E-state index is 0.101. The summed E-state index contributed by atoms with van der Waals surface area (Å²) in [7, 11) is 4.79. The zero-order valence-corrected chi connectivity index (χ0v) is 14.3. The molecule has 3 amide bonds. The van der Waals surface area contributed by atoms with Crippen molar-refractivity contribution in [2.24, 2.45) is 0 Å². The first kappa shape index (κ1) is 16.7. The molecule has 3 rings (SSSR count). The summed E-state index contributed by atoms with van der Waals surface area (Å²) in [5, 5.41) is 0. The molecule has 25 heavy (non-hydrogen) atoms. The molecule has 1 aliphatic heterocycles. The lowest BCUT2D eigenvalue weighted by molar-refractivity contribution is 0.0642. The monoisotopic (exact) mass is 338 g/mol. The summed E-state index contributed by atoms with van der Waals surface area (Å²) in [6.45, 7) is 0.101. The molecule has 1 aliphatic rings. The predicted octanol–water partition coefficient (Wildman–Crippen LogP) is 2.19. The first-order valence-corrected chi connectivity index (χ1v) is 7.78. The third-order valence-corrected chi connectivity index (χ3v) is 4.12. The van der Waals surface area contributed by atoms with Gasteiger partial charge in [-0.15, -0.1) is 0 Å². The van der Waals surface area contributed by atoms with E-state index in [1.165, 1.54) is 16.9 Å². The van der Waals surface area contributed by atoms with Crippen LogP contribution in [-0.2, 0) is 6.54 Å². The molecule has 0 atom stereocenters. The van der Waals surface area contributed by atoms with E-state index >= 15 is 0 Å². The highest BCUT2D eigenvalue weighted by Crippen LogP contribution is 2.26. The summed E-state index contributed by atoms with van der Waals surface area (Å²) in [6.07, 6.45) is 0. The van der Waals surface area contributed by atoms with Crippen molar-refractivity contribution in [2.75, 3.05) is 21.2 Å². The van der Waals surface area contributed by atoms with E-state index in [0.717, 1.165) is 0 Å². The largest absolute Gasteiger partial charge is 0.496 e. The Hall–Kier alpha value is -3.15. The van der Waals surface area contributed by atoms with Crippen molar-refractivity contribution in [3.8, 4) is 5.75 Å². The number of benzene rings is 2. The summed E-state index contributed by atoms with van der Waals surface area (Å²) in [5.74, 6) is -0.403. The SMILES string of the molecule is COc1ccc(CN2C(=O)c3ccccc3C2=O)cc1C(=O)N(C)C. The van der Waals surface area contributed by atoms with Crippen LogP contribution in [0.1, 0.15) is 36.6 Å². The van der Waals surface area contributed by atoms with Gasteiger partial charge in [-0.1, -0.05) is 18.2 Å². The lowest BCUT2D eigenvalue weighted by atomic mass is 10.1. The Morgan fingerprint density at radius 2 is 1.64 bits per heavy atom. The molecule has 0 bridgehead atoms. The molecule has 0 radical (unpaired) electrons. The van der Waals surface area contributed by atoms with Crippen molar-refractivity contribution >= 4 is 17.7 Å². The van der Waals surface area contributed by atoms with E-state index in [1.807, 2.05) is 0 Å². The number of ether oxygens (including phenoxy) is 1. The van der Waals surface area contributed by atoms with Crippen LogP contribution in [0, 0.1) is 0 Å². The minimum atomic E-state index is -0.322. The van der Waals surface area contributed by atoms with Crippen LogP contribution >= 0.6 is 0 Å². The van der Waals surface area contributed by atoms with Gasteiger partial charge in [0.05, 0.1) is 30.3 Å². The molecule has 128 valence electrons. The second kappa shape index (κ2) is 6.39. The number of fused-ring (bicyclic) bond motifs is 1. The topological polar surface area (TPSA) is 66.9 Å². The van der Waals surface area contributed by atoms with Gasteiger partial charge in [-0.3, -0.25) is 19.3 Å². The van der Waals surface area contributed by atoms with Gasteiger partial charge < -0.3 is 9.64 Å². The van der Waals surface area contributed by atoms with Gasteiger partial charge in [0.15, 0.2) is 0 Å². The third-order valence-electron chi connectivity index (χ3n) is 4.12. The number of amides is 3. The quantitative estimate of drug-likeness (QED) is 0.802. The van der Waals surface area contributed by atoms with Crippen LogP contribution in [0.15, 0.2) is 42.5 Å². The minimum Gasteiger partial charge on any atom is -0.496 e. The fourth-order valence-electron chi connectivity index (χ4n) is 2.83. The van der Waals surface area contributed by atoms with Crippen LogP contribution in [0.3, 0.4) is 0 Å². The maximum Gasteiger partial charge on any atom is 0.261 e. The lowest BCUT2D eigenvalue weighted by Crippen LogP contribution is -2.29. The number of hydrogen-bond donors (Lipinski definition) is 0. The average molecular weight is 338 g/mol. The molecule has 6 nitrogen and oxygen atoms in total. The predicted molar refractivity (Wildman–Crippen MR) is 91.7 cm³/mol. The highest BCUT2D eigenvalue weighted by atomic mass is 16.5. The summed E-state index contributed by atoms with van der Waals surface area (Å²) in [6, 6.07) is 11.8. The van der Waals surface area contributed by atoms with Gasteiger partial charge in [0, 0.05) is 14.1 Å². The fourth-order valence-corrected chi connectivity index (χ4v) is 2.83. The molecule has 0 saturated carbocycles. The Morgan fingerprint density at radius 1 is 1.04 bits per heavy atom. The summed E-state index contributed by atoms with van der Waals surface area (Å²) < 4.78 is 5.24. The van der Waals surface area contributed by atoms with Gasteiger partial charge in [-0.25, -0.2) is 0 Å². The highest BCUT2D eigenvalue weighted by Gasteiger charge is 2.35. The Kier molecular flexibility index (Phi) is 4.27. The third kappa shape index (κ3) is 2.87. The second-order valence-electron chi connectivity index (χ2n) is 5.98. The highest BCUT2D eigenvalue weighted by molar-refractivity contribution is 6.21. The van der Waals surface area contributed by atoms with Gasteiger partial charge in [0.25, 0.3) is 17.7 Å². The molecule has 0 aliphatic carbocycles. The zero-order chi connectivity index (χ0) is 18.1. The normalized spacial score (nSPS) is 13.0. The number of nitrogens with zero attached hydrogens (tertiary/aromatic N) is 2. The lowest BCUT2D eigenvalue weighted by Gasteiger charge is -2.17. The molecule has 1 heterocycles. The summed E-state index contributed by atoms with van der Waals surface area (Å²) in [5.41, 5.74) is 1.89. The van der Waals surface area contributed by atoms with Gasteiger partial charge >= 0.3 is 0 Å². The fraction of sp³-hybridized carbons (Fsp3) is 0.211. The van der Waals surface area contributed by atoms with E-state index in [1.54, 1.807) is 56.6 Å². The molecule has 2 aromatic rings. The number of imide groups is 1. The van der Waals surface area contributed by atoms with Crippen LogP contribution in [0.25, 0.3) is 0 Å². The molecule has 0 fully saturated rings. The zero-order valence-electron chi connectivity index (χ0n) is 14.3. The van der Waals surface area contributed by atoms with E-state index in [2.05, 4.69) is 0 Å². The number of rotatable bonds is 4. The van der Waals surface area contributed by atoms with E-state index in [0.29, 0.717) is 28.0 Å². The Morgan fingerprint density at radius 3 is 2.16 bits per heavy atom. The first-order valence-electron chi connectivity index (χ1n) is 7.78. The molecular weight excluding hydrogens is 320 g/mol. The Labute approximate surface area is 145 Å². The summed E-state index contributed by atoms with van der Waals surface area (Å²) >= 11 is 0. The first-order chi connectivity index (χ1) is 11.9. The van der Waals surface area contributed by atoms with Crippen molar-refractivity contribution in [3.63, 3.8) is 0 Å². The molecule has 0 saturated heterocycles. The average Bonchev–Trinajstić information content (AvgIpc) is 2.86. The Balaban J connectivity index is 1.92. The van der Waals surface area contributed by atoms with E-state index in [9.17, 15) is 14.4 Å². The smallest absolute Gasteiger partial charge is 0.261 e. The van der Waals surface area contributed by atoms with Gasteiger partial charge in [-0.2, -0.15) is 0 Å². The van der Waals surface area contributed by atoms with Gasteiger partial charge in [0.2, 0.25) is 0 Å². The van der Waals surface area contributed by atoms with Crippen molar-refractivity contribution in [3.05, 3.63) is 64.7 Å². The van der Waals surface area contributed by atoms with Crippen molar-refractivity contribution in [1.82, 2.24) is 9.80 Å². The number of methoxy groups -OCH3 is 1. The number of carbonyl (C=O) groups excluding carboxylic acids is 3. The van der Waals surface area contributed by atoms with Gasteiger partial charge in [0.1, 0.15) is 5.75 Å². The van der Waals surface area contributed by atoms with Gasteiger partial charge in [-0.05, 0) is 29.8 Å². The molecule has 0 spiro atoms. The molecule has 6 heteroatoms. The molecule has 0 N–H and O–H groups in total. The molecule has 2 aromatic carbocycles. The van der Waals surface area contributed by atoms with Crippen LogP contribution < -0.4 is 4.74 Å². The van der Waals surface area contributed by atoms with Crippen LogP contribution in [0.5, 0.6) is 5.75 Å². The van der Waals surface area contributed by atoms with Crippen LogP contribution in [0.4, 0.5) is 0 Å². The Bertz CT molecular complexity index is 838. The van der Waals surface area contributed by atoms with E-state index < -0.39 is 0 Å². The number of carbonyl (C=O) groups is 3. The van der Waals surface area contributed by atoms with E-state index in [4.69, 9.17) is 4.74 Å². The molecule has 0 unspecified atom stereocenters. The second-order valence-corrected chi connectivity index (χ2v) is 5.98. The summed E-state index contributed by atoms with van der Waals surface area (Å²) in [4.78, 5) is 39.9. The molecular formula is C19H18N2O4. The van der Waals surface area contributed by atoms with Crippen LogP contribution in [-0.4, -0.2) is 48.7 Å². The molecule has 0 aromatic heterocycles. The van der Waals surface area contributed by atoms with Crippen molar-refractivity contribution < 1.29 is 19.1 Å². The van der Waals surface area contributed by atoms with Crippen molar-refractivity contribution in [2.45, 2.75) is 6.54 Å². The van der Waals surface area contributed by atoms with Crippen molar-refractivity contribution in [1.29, 1.82) is 0 Å². The standard InChI is InChI=1S/C19H18N2O4/c1-20(2)17(22)15-10-12(8-9-16(15)25-3)11-21-18(23)13-6-4-5-7-14(13)19(21)24/h4-10H,11H2,1-3H3. The number of hydrogen-bond acceptors (Lipinski definition) is 4. The maximum absolute atomic E-state index is 12.5. The van der Waals surface area contributed by atoms with Crippen LogP contribution in [0.2, 0.25) is 0 Å². The maximum atomic E-state index is 12.5.